The van der Waals surface area contributed by atoms with Gasteiger partial charge in [0.1, 0.15) is 18.9 Å². The average molecular weight is 539 g/mol. The van der Waals surface area contributed by atoms with Crippen LogP contribution in [0.4, 0.5) is 0 Å². The number of aliphatic hydroxyl groups excluding tert-OH is 1. The Morgan fingerprint density at radius 3 is 2.41 bits per heavy atom. The van der Waals surface area contributed by atoms with Gasteiger partial charge in [0, 0.05) is 24.6 Å². The third-order valence-corrected chi connectivity index (χ3v) is 7.83. The largest absolute Gasteiger partial charge is 0.460 e. The molecule has 0 spiro atoms. The number of aliphatic imine (C=N–C) groups is 1. The molecule has 1 aliphatic rings. The van der Waals surface area contributed by atoms with Gasteiger partial charge in [0.05, 0.1) is 17.2 Å². The molecule has 1 aliphatic heterocycles. The van der Waals surface area contributed by atoms with E-state index in [0.717, 1.165) is 23.5 Å². The number of rotatable bonds is 15. The van der Waals surface area contributed by atoms with Crippen molar-refractivity contribution >= 4 is 35.0 Å². The summed E-state index contributed by atoms with van der Waals surface area (Å²) in [6.45, 7) is 18.4. The van der Waals surface area contributed by atoms with Gasteiger partial charge in [-0.05, 0) is 49.0 Å². The standard InChI is InChI=1S/C29H50N2O5S/c1-10-11-31(26(34)12-19(2)3)16-27(35)36-25(29(7,8)9)15-20(4)14-24(33)22(6)28-30-23(18-37-28)13-21(5)17-32/h13,17,19-20,22-25,33H,10-12,14-16,18H2,1-9H3/b21-13+/t20-,22?,23?,24?,25?/m0/s1. The highest BCUT2D eigenvalue weighted by molar-refractivity contribution is 8.14. The second-order valence-electron chi connectivity index (χ2n) is 12.1. The molecule has 5 atom stereocenters. The summed E-state index contributed by atoms with van der Waals surface area (Å²) in [6, 6.07) is -0.0262. The van der Waals surface area contributed by atoms with Crippen LogP contribution in [-0.4, -0.2) is 70.3 Å². The number of carbonyl (C=O) groups is 3. The van der Waals surface area contributed by atoms with Crippen molar-refractivity contribution in [2.75, 3.05) is 18.8 Å². The Morgan fingerprint density at radius 1 is 1.22 bits per heavy atom. The minimum Gasteiger partial charge on any atom is -0.460 e. The molecule has 0 fully saturated rings. The number of hydrogen-bond acceptors (Lipinski definition) is 7. The zero-order valence-electron chi connectivity index (χ0n) is 24.5. The molecule has 0 saturated heterocycles. The van der Waals surface area contributed by atoms with Gasteiger partial charge in [-0.15, -0.1) is 11.8 Å². The lowest BCUT2D eigenvalue weighted by atomic mass is 9.81. The Labute approximate surface area is 228 Å². The maximum absolute atomic E-state index is 12.9. The zero-order valence-corrected chi connectivity index (χ0v) is 25.3. The molecular formula is C29H50N2O5S. The van der Waals surface area contributed by atoms with Crippen LogP contribution in [0.2, 0.25) is 0 Å². The van der Waals surface area contributed by atoms with Gasteiger partial charge in [-0.25, -0.2) is 0 Å². The molecule has 212 valence electrons. The van der Waals surface area contributed by atoms with Crippen LogP contribution in [0.3, 0.4) is 0 Å². The minimum absolute atomic E-state index is 0.0154. The fourth-order valence-corrected chi connectivity index (χ4v) is 5.44. The highest BCUT2D eigenvalue weighted by Crippen LogP contribution is 2.32. The first-order valence-corrected chi connectivity index (χ1v) is 14.7. The lowest BCUT2D eigenvalue weighted by Gasteiger charge is -2.34. The highest BCUT2D eigenvalue weighted by atomic mass is 32.2. The molecule has 0 saturated carbocycles. The van der Waals surface area contributed by atoms with Gasteiger partial charge in [-0.2, -0.15) is 0 Å². The minimum atomic E-state index is -0.568. The van der Waals surface area contributed by atoms with Crippen molar-refractivity contribution in [1.82, 2.24) is 4.90 Å². The molecule has 1 rings (SSSR count). The molecular weight excluding hydrogens is 488 g/mol. The van der Waals surface area contributed by atoms with E-state index < -0.39 is 6.10 Å². The van der Waals surface area contributed by atoms with Crippen LogP contribution in [0, 0.1) is 23.2 Å². The van der Waals surface area contributed by atoms with E-state index in [1.807, 2.05) is 54.5 Å². The number of carbonyl (C=O) groups excluding carboxylic acids is 3. The van der Waals surface area contributed by atoms with Gasteiger partial charge in [0.25, 0.3) is 0 Å². The van der Waals surface area contributed by atoms with Crippen molar-refractivity contribution in [2.45, 2.75) is 106 Å². The van der Waals surface area contributed by atoms with E-state index in [4.69, 9.17) is 9.73 Å². The number of nitrogens with zero attached hydrogens (tertiary/aromatic N) is 2. The molecule has 37 heavy (non-hydrogen) atoms. The highest BCUT2D eigenvalue weighted by Gasteiger charge is 2.33. The van der Waals surface area contributed by atoms with Crippen LogP contribution in [-0.2, 0) is 19.1 Å². The van der Waals surface area contributed by atoms with E-state index >= 15 is 0 Å². The molecule has 1 amide bonds. The van der Waals surface area contributed by atoms with Crippen LogP contribution >= 0.6 is 11.8 Å². The second-order valence-corrected chi connectivity index (χ2v) is 13.1. The Bertz CT molecular complexity index is 818. The smallest absolute Gasteiger partial charge is 0.325 e. The summed E-state index contributed by atoms with van der Waals surface area (Å²) in [7, 11) is 0. The van der Waals surface area contributed by atoms with E-state index in [1.54, 1.807) is 23.6 Å². The number of aldehydes is 1. The summed E-state index contributed by atoms with van der Waals surface area (Å²) in [5.74, 6) is 0.628. The van der Waals surface area contributed by atoms with Gasteiger partial charge in [0.15, 0.2) is 0 Å². The quantitative estimate of drug-likeness (QED) is 0.173. The van der Waals surface area contributed by atoms with Gasteiger partial charge in [-0.3, -0.25) is 19.4 Å². The first-order valence-electron chi connectivity index (χ1n) is 13.7. The number of allylic oxidation sites excluding steroid dienone is 1. The monoisotopic (exact) mass is 538 g/mol. The summed E-state index contributed by atoms with van der Waals surface area (Å²) >= 11 is 1.64. The van der Waals surface area contributed by atoms with Crippen LogP contribution in [0.15, 0.2) is 16.6 Å². The number of hydrogen-bond donors (Lipinski definition) is 1. The first kappa shape index (κ1) is 33.4. The summed E-state index contributed by atoms with van der Waals surface area (Å²) in [5.41, 5.74) is 0.390. The van der Waals surface area contributed by atoms with Crippen molar-refractivity contribution in [1.29, 1.82) is 0 Å². The zero-order chi connectivity index (χ0) is 28.3. The molecule has 0 aromatic heterocycles. The summed E-state index contributed by atoms with van der Waals surface area (Å²) in [5, 5.41) is 11.9. The molecule has 0 aliphatic carbocycles. The van der Waals surface area contributed by atoms with Gasteiger partial charge >= 0.3 is 5.97 Å². The number of amides is 1. The molecule has 8 heteroatoms. The van der Waals surface area contributed by atoms with E-state index in [1.165, 1.54) is 0 Å². The molecule has 1 heterocycles. The number of aliphatic hydroxyl groups is 1. The van der Waals surface area contributed by atoms with Crippen molar-refractivity contribution in [3.63, 3.8) is 0 Å². The maximum atomic E-state index is 12.9. The molecule has 0 aromatic rings. The summed E-state index contributed by atoms with van der Waals surface area (Å²) < 4.78 is 5.94. The van der Waals surface area contributed by atoms with Crippen molar-refractivity contribution < 1.29 is 24.2 Å². The van der Waals surface area contributed by atoms with Gasteiger partial charge < -0.3 is 14.7 Å². The van der Waals surface area contributed by atoms with E-state index in [0.29, 0.717) is 31.4 Å². The Kier molecular flexibility index (Phi) is 14.1. The SMILES string of the molecule is CCCN(CC(=O)OC(C[C@@H](C)CC(O)C(C)C1=NC(/C=C(\C)C=O)CS1)C(C)(C)C)C(=O)CC(C)C. The van der Waals surface area contributed by atoms with Crippen molar-refractivity contribution in [3.8, 4) is 0 Å². The molecule has 0 bridgehead atoms. The molecule has 4 unspecified atom stereocenters. The van der Waals surface area contributed by atoms with Crippen LogP contribution in [0.25, 0.3) is 0 Å². The second kappa shape index (κ2) is 15.7. The van der Waals surface area contributed by atoms with Crippen molar-refractivity contribution in [2.24, 2.45) is 28.2 Å². The van der Waals surface area contributed by atoms with Crippen LogP contribution in [0.1, 0.15) is 88.0 Å². The fourth-order valence-electron chi connectivity index (χ4n) is 4.30. The molecule has 0 aromatic carbocycles. The predicted molar refractivity (Wildman–Crippen MR) is 153 cm³/mol. The van der Waals surface area contributed by atoms with Gasteiger partial charge in [0.2, 0.25) is 5.91 Å². The fraction of sp³-hybridized carbons (Fsp3) is 0.793. The first-order chi connectivity index (χ1) is 17.2. The van der Waals surface area contributed by atoms with E-state index in [-0.39, 0.29) is 53.7 Å². The predicted octanol–water partition coefficient (Wildman–Crippen LogP) is 5.30. The Morgan fingerprint density at radius 2 is 1.86 bits per heavy atom. The topological polar surface area (TPSA) is 96.3 Å². The lowest BCUT2D eigenvalue weighted by molar-refractivity contribution is -0.160. The molecule has 7 nitrogen and oxygen atoms in total. The summed E-state index contributed by atoms with van der Waals surface area (Å²) in [4.78, 5) is 42.7. The average Bonchev–Trinajstić information content (AvgIpc) is 3.24. The van der Waals surface area contributed by atoms with Crippen LogP contribution < -0.4 is 0 Å². The third kappa shape index (κ3) is 12.2. The van der Waals surface area contributed by atoms with Gasteiger partial charge in [-0.1, -0.05) is 61.5 Å². The Balaban J connectivity index is 2.77. The van der Waals surface area contributed by atoms with Crippen LogP contribution in [0.5, 0.6) is 0 Å². The molecule has 1 N–H and O–H groups in total. The number of esters is 1. The normalized spacial score (nSPS) is 19.7. The number of ether oxygens (including phenoxy) is 1. The lowest BCUT2D eigenvalue weighted by Crippen LogP contribution is -2.41. The third-order valence-electron chi connectivity index (χ3n) is 6.55. The summed E-state index contributed by atoms with van der Waals surface area (Å²) in [6.07, 6.45) is 4.19. The van der Waals surface area contributed by atoms with E-state index in [9.17, 15) is 19.5 Å². The van der Waals surface area contributed by atoms with Crippen molar-refractivity contribution in [3.05, 3.63) is 11.6 Å². The molecule has 0 radical (unpaired) electrons. The maximum Gasteiger partial charge on any atom is 0.325 e. The Hall–Kier alpha value is -1.67. The van der Waals surface area contributed by atoms with E-state index in [2.05, 4.69) is 6.92 Å². The number of thioether (sulfide) groups is 1.